The standard InChI is InChI=1S/C12H15NO2S/c1-8-4-5-16-12(13-8)7-15-11-6-9(14)2-3-10(11)12/h2-3,6,8,13-14H,4-5,7H2,1H3. The van der Waals surface area contributed by atoms with E-state index in [1.165, 1.54) is 12.0 Å². The van der Waals surface area contributed by atoms with Crippen molar-refractivity contribution in [2.75, 3.05) is 12.4 Å². The highest BCUT2D eigenvalue weighted by Crippen LogP contribution is 2.47. The fourth-order valence-electron chi connectivity index (χ4n) is 2.38. The largest absolute Gasteiger partial charge is 0.508 e. The van der Waals surface area contributed by atoms with Crippen molar-refractivity contribution in [2.45, 2.75) is 24.3 Å². The molecule has 2 aliphatic rings. The number of hydrogen-bond donors (Lipinski definition) is 2. The van der Waals surface area contributed by atoms with E-state index in [4.69, 9.17) is 4.74 Å². The molecule has 0 aromatic heterocycles. The van der Waals surface area contributed by atoms with Crippen LogP contribution in [-0.4, -0.2) is 23.5 Å². The molecule has 1 saturated heterocycles. The van der Waals surface area contributed by atoms with E-state index in [0.29, 0.717) is 12.6 Å². The van der Waals surface area contributed by atoms with Crippen LogP contribution in [0.15, 0.2) is 18.2 Å². The fraction of sp³-hybridized carbons (Fsp3) is 0.500. The van der Waals surface area contributed by atoms with E-state index in [1.807, 2.05) is 17.8 Å². The number of ether oxygens (including phenoxy) is 1. The molecule has 86 valence electrons. The van der Waals surface area contributed by atoms with E-state index in [1.54, 1.807) is 12.1 Å². The molecule has 3 nitrogen and oxygen atoms in total. The van der Waals surface area contributed by atoms with Crippen molar-refractivity contribution in [2.24, 2.45) is 0 Å². The van der Waals surface area contributed by atoms with Gasteiger partial charge in [-0.15, -0.1) is 11.8 Å². The molecule has 0 radical (unpaired) electrons. The summed E-state index contributed by atoms with van der Waals surface area (Å²) < 4.78 is 5.68. The third kappa shape index (κ3) is 1.48. The Balaban J connectivity index is 2.01. The first-order valence-electron chi connectivity index (χ1n) is 5.58. The van der Waals surface area contributed by atoms with Crippen molar-refractivity contribution in [3.8, 4) is 11.5 Å². The Hall–Kier alpha value is -0.870. The molecule has 2 heterocycles. The summed E-state index contributed by atoms with van der Waals surface area (Å²) in [5.74, 6) is 2.23. The van der Waals surface area contributed by atoms with Crippen LogP contribution in [0.5, 0.6) is 11.5 Å². The average Bonchev–Trinajstić information content (AvgIpc) is 2.57. The van der Waals surface area contributed by atoms with Crippen LogP contribution >= 0.6 is 11.8 Å². The van der Waals surface area contributed by atoms with Crippen LogP contribution in [-0.2, 0) is 4.87 Å². The summed E-state index contributed by atoms with van der Waals surface area (Å²) in [4.78, 5) is -0.0965. The van der Waals surface area contributed by atoms with E-state index < -0.39 is 0 Å². The predicted octanol–water partition coefficient (Wildman–Crippen LogP) is 2.05. The van der Waals surface area contributed by atoms with Gasteiger partial charge in [-0.05, 0) is 31.2 Å². The molecule has 2 unspecified atom stereocenters. The van der Waals surface area contributed by atoms with Gasteiger partial charge in [-0.25, -0.2) is 0 Å². The first-order valence-corrected chi connectivity index (χ1v) is 6.56. The van der Waals surface area contributed by atoms with Crippen LogP contribution in [0.2, 0.25) is 0 Å². The number of phenolic OH excluding ortho intramolecular Hbond substituents is 1. The van der Waals surface area contributed by atoms with Gasteiger partial charge < -0.3 is 9.84 Å². The maximum atomic E-state index is 9.43. The number of phenols is 1. The summed E-state index contributed by atoms with van der Waals surface area (Å²) in [6, 6.07) is 5.92. The highest BCUT2D eigenvalue weighted by Gasteiger charge is 2.44. The van der Waals surface area contributed by atoms with Crippen LogP contribution in [0.25, 0.3) is 0 Å². The van der Waals surface area contributed by atoms with Gasteiger partial charge in [0.25, 0.3) is 0 Å². The minimum Gasteiger partial charge on any atom is -0.508 e. The Morgan fingerprint density at radius 2 is 2.44 bits per heavy atom. The highest BCUT2D eigenvalue weighted by atomic mass is 32.2. The molecule has 1 spiro atoms. The van der Waals surface area contributed by atoms with Gasteiger partial charge in [-0.2, -0.15) is 0 Å². The van der Waals surface area contributed by atoms with Crippen LogP contribution in [0.4, 0.5) is 0 Å². The zero-order valence-electron chi connectivity index (χ0n) is 9.19. The lowest BCUT2D eigenvalue weighted by Crippen LogP contribution is -2.49. The summed E-state index contributed by atoms with van der Waals surface area (Å²) in [6.07, 6.45) is 1.19. The SMILES string of the molecule is CC1CCSC2(COc3cc(O)ccc32)N1. The molecule has 2 atom stereocenters. The Morgan fingerprint density at radius 1 is 1.56 bits per heavy atom. The van der Waals surface area contributed by atoms with E-state index in [0.717, 1.165) is 11.5 Å². The molecule has 1 aromatic rings. The molecule has 0 aliphatic carbocycles. The Labute approximate surface area is 99.2 Å². The summed E-state index contributed by atoms with van der Waals surface area (Å²) in [7, 11) is 0. The lowest BCUT2D eigenvalue weighted by Gasteiger charge is -2.36. The van der Waals surface area contributed by atoms with E-state index in [-0.39, 0.29) is 10.6 Å². The summed E-state index contributed by atoms with van der Waals surface area (Å²) in [5, 5.41) is 13.1. The summed E-state index contributed by atoms with van der Waals surface area (Å²) >= 11 is 1.91. The molecule has 2 aliphatic heterocycles. The van der Waals surface area contributed by atoms with Gasteiger partial charge in [0.15, 0.2) is 0 Å². The number of nitrogens with one attached hydrogen (secondary N) is 1. The van der Waals surface area contributed by atoms with Crippen LogP contribution in [0.1, 0.15) is 18.9 Å². The van der Waals surface area contributed by atoms with E-state index >= 15 is 0 Å². The van der Waals surface area contributed by atoms with E-state index in [9.17, 15) is 5.11 Å². The monoisotopic (exact) mass is 237 g/mol. The molecule has 16 heavy (non-hydrogen) atoms. The van der Waals surface area contributed by atoms with Crippen LogP contribution in [0, 0.1) is 0 Å². The van der Waals surface area contributed by atoms with Crippen molar-refractivity contribution in [1.82, 2.24) is 5.32 Å². The lowest BCUT2D eigenvalue weighted by molar-refractivity contribution is 0.273. The number of aromatic hydroxyl groups is 1. The molecule has 0 amide bonds. The molecule has 1 aromatic carbocycles. The first kappa shape index (κ1) is 10.3. The zero-order valence-corrected chi connectivity index (χ0v) is 10.0. The second-order valence-corrected chi connectivity index (χ2v) is 5.87. The van der Waals surface area contributed by atoms with Gasteiger partial charge in [-0.1, -0.05) is 0 Å². The first-order chi connectivity index (χ1) is 7.70. The summed E-state index contributed by atoms with van der Waals surface area (Å²) in [6.45, 7) is 2.86. The molecule has 0 bridgehead atoms. The maximum absolute atomic E-state index is 9.43. The topological polar surface area (TPSA) is 41.5 Å². The Morgan fingerprint density at radius 3 is 3.25 bits per heavy atom. The lowest BCUT2D eigenvalue weighted by atomic mass is 10.1. The number of rotatable bonds is 0. The van der Waals surface area contributed by atoms with Crippen LogP contribution < -0.4 is 10.1 Å². The van der Waals surface area contributed by atoms with Crippen molar-refractivity contribution in [3.05, 3.63) is 23.8 Å². The van der Waals surface area contributed by atoms with Gasteiger partial charge in [0.2, 0.25) is 0 Å². The smallest absolute Gasteiger partial charge is 0.129 e. The quantitative estimate of drug-likeness (QED) is 0.724. The fourth-order valence-corrected chi connectivity index (χ4v) is 3.95. The Kier molecular flexibility index (Phi) is 2.30. The molecule has 4 heteroatoms. The van der Waals surface area contributed by atoms with Crippen molar-refractivity contribution in [1.29, 1.82) is 0 Å². The summed E-state index contributed by atoms with van der Waals surface area (Å²) in [5.41, 5.74) is 1.17. The minimum absolute atomic E-state index is 0.0965. The van der Waals surface area contributed by atoms with Gasteiger partial charge in [-0.3, -0.25) is 5.32 Å². The number of thioether (sulfide) groups is 1. The molecule has 2 N–H and O–H groups in total. The second kappa shape index (κ2) is 3.57. The predicted molar refractivity (Wildman–Crippen MR) is 65.0 cm³/mol. The third-order valence-corrected chi connectivity index (χ3v) is 4.60. The van der Waals surface area contributed by atoms with Gasteiger partial charge in [0, 0.05) is 17.7 Å². The maximum Gasteiger partial charge on any atom is 0.129 e. The second-order valence-electron chi connectivity index (χ2n) is 4.48. The normalized spacial score (nSPS) is 32.4. The van der Waals surface area contributed by atoms with Gasteiger partial charge >= 0.3 is 0 Å². The number of hydrogen-bond acceptors (Lipinski definition) is 4. The Bertz CT molecular complexity index is 423. The van der Waals surface area contributed by atoms with Crippen molar-refractivity contribution < 1.29 is 9.84 Å². The van der Waals surface area contributed by atoms with Gasteiger partial charge in [0.1, 0.15) is 23.0 Å². The molecule has 0 saturated carbocycles. The van der Waals surface area contributed by atoms with E-state index in [2.05, 4.69) is 12.2 Å². The zero-order chi connectivity index (χ0) is 11.2. The minimum atomic E-state index is -0.0965. The molecule has 3 rings (SSSR count). The third-order valence-electron chi connectivity index (χ3n) is 3.21. The molecule has 1 fully saturated rings. The van der Waals surface area contributed by atoms with Gasteiger partial charge in [0.05, 0.1) is 0 Å². The number of fused-ring (bicyclic) bond motifs is 2. The highest BCUT2D eigenvalue weighted by molar-refractivity contribution is 8.00. The average molecular weight is 237 g/mol. The van der Waals surface area contributed by atoms with Crippen molar-refractivity contribution in [3.63, 3.8) is 0 Å². The van der Waals surface area contributed by atoms with Crippen molar-refractivity contribution >= 4 is 11.8 Å². The number of benzene rings is 1. The molecular formula is C12H15NO2S. The van der Waals surface area contributed by atoms with Crippen LogP contribution in [0.3, 0.4) is 0 Å². The molecular weight excluding hydrogens is 222 g/mol.